The molecule has 2 rings (SSSR count). The van der Waals surface area contributed by atoms with Crippen LogP contribution in [0.3, 0.4) is 0 Å². The number of carbonyl (C=O) groups excluding carboxylic acids is 1. The quantitative estimate of drug-likeness (QED) is 0.804. The van der Waals surface area contributed by atoms with Gasteiger partial charge in [-0.2, -0.15) is 0 Å². The monoisotopic (exact) mass is 316 g/mol. The van der Waals surface area contributed by atoms with Crippen molar-refractivity contribution in [2.24, 2.45) is 0 Å². The maximum absolute atomic E-state index is 11.9. The molecule has 6 heteroatoms. The molecule has 1 amide bonds. The molecule has 1 aromatic carbocycles. The molecule has 0 bridgehead atoms. The summed E-state index contributed by atoms with van der Waals surface area (Å²) in [5.41, 5.74) is 1.96. The maximum Gasteiger partial charge on any atom is 0.270 e. The van der Waals surface area contributed by atoms with Crippen LogP contribution in [0.2, 0.25) is 5.02 Å². The van der Waals surface area contributed by atoms with Gasteiger partial charge < -0.3 is 10.6 Å². The highest BCUT2D eigenvalue weighted by atomic mass is 35.5. The van der Waals surface area contributed by atoms with Crippen molar-refractivity contribution in [3.63, 3.8) is 0 Å². The van der Waals surface area contributed by atoms with Gasteiger partial charge in [0.2, 0.25) is 5.95 Å². The minimum absolute atomic E-state index is 0.258. The number of halogens is 1. The first kappa shape index (κ1) is 16.0. The zero-order valence-electron chi connectivity index (χ0n) is 12.3. The first-order valence-corrected chi connectivity index (χ1v) is 7.20. The molecular formula is C16H17ClN4O. The number of amides is 1. The molecule has 1 heterocycles. The molecule has 0 saturated heterocycles. The Labute approximate surface area is 134 Å². The van der Waals surface area contributed by atoms with Crippen molar-refractivity contribution < 1.29 is 4.79 Å². The fourth-order valence-corrected chi connectivity index (χ4v) is 2.04. The Morgan fingerprint density at radius 3 is 2.86 bits per heavy atom. The summed E-state index contributed by atoms with van der Waals surface area (Å²) in [7, 11) is 0. The average molecular weight is 317 g/mol. The molecule has 0 aliphatic rings. The molecule has 2 aromatic rings. The van der Waals surface area contributed by atoms with Crippen LogP contribution in [-0.4, -0.2) is 22.4 Å². The van der Waals surface area contributed by atoms with E-state index in [1.165, 1.54) is 0 Å². The van der Waals surface area contributed by atoms with Gasteiger partial charge in [0, 0.05) is 23.8 Å². The van der Waals surface area contributed by atoms with Crippen LogP contribution in [-0.2, 0) is 6.54 Å². The predicted octanol–water partition coefficient (Wildman–Crippen LogP) is 2.97. The second-order valence-electron chi connectivity index (χ2n) is 4.66. The van der Waals surface area contributed by atoms with Crippen LogP contribution in [0.15, 0.2) is 43.0 Å². The number of hydrogen-bond acceptors (Lipinski definition) is 4. The zero-order valence-corrected chi connectivity index (χ0v) is 13.0. The van der Waals surface area contributed by atoms with Crippen LogP contribution >= 0.6 is 11.6 Å². The Balaban J connectivity index is 2.11. The lowest BCUT2D eigenvalue weighted by Gasteiger charge is -2.09. The summed E-state index contributed by atoms with van der Waals surface area (Å²) >= 11 is 6.11. The fourth-order valence-electron chi connectivity index (χ4n) is 1.84. The van der Waals surface area contributed by atoms with E-state index in [0.717, 1.165) is 5.56 Å². The van der Waals surface area contributed by atoms with E-state index in [1.54, 1.807) is 12.1 Å². The second kappa shape index (κ2) is 7.56. The van der Waals surface area contributed by atoms with Crippen molar-refractivity contribution in [2.45, 2.75) is 13.5 Å². The topological polar surface area (TPSA) is 66.9 Å². The molecule has 22 heavy (non-hydrogen) atoms. The number of hydrogen-bond donors (Lipinski definition) is 2. The van der Waals surface area contributed by atoms with Gasteiger partial charge in [-0.25, -0.2) is 9.97 Å². The van der Waals surface area contributed by atoms with Gasteiger partial charge in [0.1, 0.15) is 5.69 Å². The summed E-state index contributed by atoms with van der Waals surface area (Å²) in [5, 5.41) is 6.45. The fraction of sp³-hybridized carbons (Fsp3) is 0.188. The molecule has 114 valence electrons. The van der Waals surface area contributed by atoms with Crippen molar-refractivity contribution in [3.8, 4) is 0 Å². The normalized spacial score (nSPS) is 10.1. The smallest absolute Gasteiger partial charge is 0.270 e. The van der Waals surface area contributed by atoms with E-state index >= 15 is 0 Å². The summed E-state index contributed by atoms with van der Waals surface area (Å²) < 4.78 is 0. The van der Waals surface area contributed by atoms with Gasteiger partial charge in [0.25, 0.3) is 5.91 Å². The standard InChI is InChI=1S/C16H17ClN4O/c1-3-8-18-15(22)14-9-11(2)20-16(21-14)19-10-12-6-4-5-7-13(12)17/h3-7,9H,1,8,10H2,2H3,(H,18,22)(H,19,20,21). The minimum atomic E-state index is -0.258. The van der Waals surface area contributed by atoms with E-state index in [2.05, 4.69) is 27.2 Å². The molecule has 5 nitrogen and oxygen atoms in total. The Bertz CT molecular complexity index is 688. The molecule has 0 atom stereocenters. The number of rotatable bonds is 6. The third-order valence-corrected chi connectivity index (χ3v) is 3.26. The van der Waals surface area contributed by atoms with Crippen molar-refractivity contribution in [3.05, 3.63) is 65.0 Å². The van der Waals surface area contributed by atoms with Gasteiger partial charge >= 0.3 is 0 Å². The molecular weight excluding hydrogens is 300 g/mol. The lowest BCUT2D eigenvalue weighted by Crippen LogP contribution is -2.25. The van der Waals surface area contributed by atoms with Gasteiger partial charge in [-0.3, -0.25) is 4.79 Å². The van der Waals surface area contributed by atoms with Crippen LogP contribution in [0.4, 0.5) is 5.95 Å². The number of nitrogens with zero attached hydrogens (tertiary/aromatic N) is 2. The van der Waals surface area contributed by atoms with Gasteiger partial charge in [0.05, 0.1) is 0 Å². The van der Waals surface area contributed by atoms with Crippen LogP contribution in [0.5, 0.6) is 0 Å². The molecule has 0 aliphatic heterocycles. The van der Waals surface area contributed by atoms with E-state index in [1.807, 2.05) is 31.2 Å². The lowest BCUT2D eigenvalue weighted by molar-refractivity contribution is 0.0953. The molecule has 0 unspecified atom stereocenters. The van der Waals surface area contributed by atoms with Crippen LogP contribution in [0.25, 0.3) is 0 Å². The van der Waals surface area contributed by atoms with Crippen molar-refractivity contribution in [1.29, 1.82) is 0 Å². The number of carbonyl (C=O) groups is 1. The van der Waals surface area contributed by atoms with Crippen molar-refractivity contribution in [1.82, 2.24) is 15.3 Å². The number of nitrogens with one attached hydrogen (secondary N) is 2. The first-order valence-electron chi connectivity index (χ1n) is 6.82. The number of benzene rings is 1. The van der Waals surface area contributed by atoms with Crippen molar-refractivity contribution >= 4 is 23.5 Å². The summed E-state index contributed by atoms with van der Waals surface area (Å²) in [6, 6.07) is 9.16. The molecule has 1 aromatic heterocycles. The number of aryl methyl sites for hydroxylation is 1. The van der Waals surface area contributed by atoms with E-state index in [9.17, 15) is 4.79 Å². The Morgan fingerprint density at radius 1 is 1.36 bits per heavy atom. The van der Waals surface area contributed by atoms with E-state index in [4.69, 9.17) is 11.6 Å². The Morgan fingerprint density at radius 2 is 2.14 bits per heavy atom. The van der Waals surface area contributed by atoms with Crippen LogP contribution in [0.1, 0.15) is 21.7 Å². The molecule has 0 spiro atoms. The van der Waals surface area contributed by atoms with Gasteiger partial charge in [-0.05, 0) is 24.6 Å². The summed E-state index contributed by atoms with van der Waals surface area (Å²) in [6.45, 7) is 6.25. The van der Waals surface area contributed by atoms with Gasteiger partial charge in [0.15, 0.2) is 0 Å². The average Bonchev–Trinajstić information content (AvgIpc) is 2.51. The van der Waals surface area contributed by atoms with E-state index < -0.39 is 0 Å². The minimum Gasteiger partial charge on any atom is -0.350 e. The third kappa shape index (κ3) is 4.30. The lowest BCUT2D eigenvalue weighted by atomic mass is 10.2. The SMILES string of the molecule is C=CCNC(=O)c1cc(C)nc(NCc2ccccc2Cl)n1. The molecule has 0 aliphatic carbocycles. The Kier molecular flexibility index (Phi) is 5.49. The highest BCUT2D eigenvalue weighted by Crippen LogP contribution is 2.16. The molecule has 0 radical (unpaired) electrons. The zero-order chi connectivity index (χ0) is 15.9. The largest absolute Gasteiger partial charge is 0.350 e. The van der Waals surface area contributed by atoms with E-state index in [-0.39, 0.29) is 5.91 Å². The Hall–Kier alpha value is -2.40. The molecule has 0 saturated carbocycles. The number of anilines is 1. The summed E-state index contributed by atoms with van der Waals surface area (Å²) in [4.78, 5) is 20.4. The van der Waals surface area contributed by atoms with Crippen LogP contribution < -0.4 is 10.6 Å². The molecule has 0 fully saturated rings. The second-order valence-corrected chi connectivity index (χ2v) is 5.07. The molecule has 2 N–H and O–H groups in total. The predicted molar refractivity (Wildman–Crippen MR) is 88.1 cm³/mol. The highest BCUT2D eigenvalue weighted by Gasteiger charge is 2.10. The maximum atomic E-state index is 11.9. The summed E-state index contributed by atoms with van der Waals surface area (Å²) in [5.74, 6) is 0.134. The third-order valence-electron chi connectivity index (χ3n) is 2.89. The van der Waals surface area contributed by atoms with Gasteiger partial charge in [-0.1, -0.05) is 35.9 Å². The van der Waals surface area contributed by atoms with E-state index in [0.29, 0.717) is 35.4 Å². The highest BCUT2D eigenvalue weighted by molar-refractivity contribution is 6.31. The number of aromatic nitrogens is 2. The van der Waals surface area contributed by atoms with Crippen LogP contribution in [0, 0.1) is 6.92 Å². The summed E-state index contributed by atoms with van der Waals surface area (Å²) in [6.07, 6.45) is 1.61. The van der Waals surface area contributed by atoms with Crippen molar-refractivity contribution in [2.75, 3.05) is 11.9 Å². The first-order chi connectivity index (χ1) is 10.6. The van der Waals surface area contributed by atoms with Gasteiger partial charge in [-0.15, -0.1) is 6.58 Å².